The summed E-state index contributed by atoms with van der Waals surface area (Å²) in [5, 5.41) is 11.5. The van der Waals surface area contributed by atoms with Crippen molar-refractivity contribution in [1.82, 2.24) is 35.0 Å². The number of anilines is 1. The molecule has 1 aliphatic rings. The fraction of sp³-hybridized carbons (Fsp3) is 0.280. The predicted octanol–water partition coefficient (Wildman–Crippen LogP) is 3.73. The lowest BCUT2D eigenvalue weighted by atomic mass is 10.1. The fourth-order valence-electron chi connectivity index (χ4n) is 4.42. The van der Waals surface area contributed by atoms with Gasteiger partial charge in [-0.25, -0.2) is 9.97 Å². The van der Waals surface area contributed by atoms with Crippen molar-refractivity contribution < 1.29 is 4.79 Å². The van der Waals surface area contributed by atoms with Crippen molar-refractivity contribution in [2.45, 2.75) is 45.8 Å². The highest BCUT2D eigenvalue weighted by atomic mass is 16.1. The van der Waals surface area contributed by atoms with Gasteiger partial charge in [0.05, 0.1) is 12.2 Å². The lowest BCUT2D eigenvalue weighted by Crippen LogP contribution is -2.40. The molecule has 0 saturated heterocycles. The first-order valence-electron chi connectivity index (χ1n) is 11.4. The van der Waals surface area contributed by atoms with Crippen LogP contribution in [0.5, 0.6) is 0 Å². The van der Waals surface area contributed by atoms with Crippen LogP contribution in [0.3, 0.4) is 0 Å². The molecule has 0 saturated carbocycles. The molecule has 1 unspecified atom stereocenters. The van der Waals surface area contributed by atoms with Gasteiger partial charge in [-0.05, 0) is 38.5 Å². The molecule has 1 amide bonds. The third-order valence-corrected chi connectivity index (χ3v) is 6.02. The van der Waals surface area contributed by atoms with Gasteiger partial charge in [0.15, 0.2) is 17.5 Å². The third-order valence-electron chi connectivity index (χ3n) is 6.02. The van der Waals surface area contributed by atoms with Crippen molar-refractivity contribution in [3.05, 3.63) is 78.3 Å². The van der Waals surface area contributed by atoms with Crippen LogP contribution in [-0.2, 0) is 6.54 Å². The monoisotopic (exact) mass is 454 g/mol. The van der Waals surface area contributed by atoms with Crippen LogP contribution in [0, 0.1) is 0 Å². The predicted molar refractivity (Wildman–Crippen MR) is 128 cm³/mol. The van der Waals surface area contributed by atoms with Crippen LogP contribution >= 0.6 is 0 Å². The molecule has 1 atom stereocenters. The molecule has 5 rings (SSSR count). The molecule has 0 radical (unpaired) electrons. The van der Waals surface area contributed by atoms with Crippen molar-refractivity contribution in [2.24, 2.45) is 0 Å². The maximum Gasteiger partial charge on any atom is 0.251 e. The van der Waals surface area contributed by atoms with Crippen LogP contribution < -0.4 is 10.2 Å². The molecule has 0 aliphatic carbocycles. The van der Waals surface area contributed by atoms with Crippen LogP contribution in [0.2, 0.25) is 0 Å². The molecule has 0 spiro atoms. The summed E-state index contributed by atoms with van der Waals surface area (Å²) in [6.45, 7) is 6.76. The number of nitrogens with zero attached hydrogens (tertiary/aromatic N) is 7. The number of hydrogen-bond donors (Lipinski definition) is 1. The van der Waals surface area contributed by atoms with Crippen molar-refractivity contribution in [3.63, 3.8) is 0 Å². The summed E-state index contributed by atoms with van der Waals surface area (Å²) in [7, 11) is 0. The summed E-state index contributed by atoms with van der Waals surface area (Å²) >= 11 is 0. The molecular weight excluding hydrogens is 428 g/mol. The standard InChI is InChI=1S/C25H26N8O/c1-4-20-24-31-29-15-32(24)21-14-27-22(30-23(21)33(20)16(2)3)19-10-11-26-12-18(19)13-28-25(34)17-8-6-5-7-9-17/h5-12,14-16,20H,4,13H2,1-3H3,(H,28,34). The summed E-state index contributed by atoms with van der Waals surface area (Å²) in [4.78, 5) is 28.8. The normalized spacial score (nSPS) is 14.6. The zero-order chi connectivity index (χ0) is 23.7. The van der Waals surface area contributed by atoms with Gasteiger partial charge in [0.25, 0.3) is 5.91 Å². The largest absolute Gasteiger partial charge is 0.348 e. The van der Waals surface area contributed by atoms with Gasteiger partial charge in [-0.15, -0.1) is 10.2 Å². The third kappa shape index (κ3) is 3.79. The highest BCUT2D eigenvalue weighted by molar-refractivity contribution is 5.94. The molecule has 1 N–H and O–H groups in total. The summed E-state index contributed by atoms with van der Waals surface area (Å²) in [5.41, 5.74) is 3.14. The smallest absolute Gasteiger partial charge is 0.251 e. The van der Waals surface area contributed by atoms with Crippen LogP contribution in [-0.4, -0.2) is 41.7 Å². The van der Waals surface area contributed by atoms with Crippen LogP contribution in [0.15, 0.2) is 61.3 Å². The van der Waals surface area contributed by atoms with Gasteiger partial charge in [-0.1, -0.05) is 25.1 Å². The van der Waals surface area contributed by atoms with E-state index in [0.717, 1.165) is 34.9 Å². The molecule has 3 aromatic heterocycles. The maximum absolute atomic E-state index is 12.6. The topological polar surface area (TPSA) is 102 Å². The van der Waals surface area contributed by atoms with Gasteiger partial charge in [0.1, 0.15) is 12.0 Å². The first-order chi connectivity index (χ1) is 16.6. The summed E-state index contributed by atoms with van der Waals surface area (Å²) in [5.74, 6) is 2.18. The Morgan fingerprint density at radius 3 is 2.74 bits per heavy atom. The van der Waals surface area contributed by atoms with E-state index in [1.165, 1.54) is 0 Å². The Labute approximate surface area is 197 Å². The van der Waals surface area contributed by atoms with Gasteiger partial charge in [0.2, 0.25) is 0 Å². The van der Waals surface area contributed by atoms with E-state index in [0.29, 0.717) is 17.9 Å². The van der Waals surface area contributed by atoms with Gasteiger partial charge in [0, 0.05) is 41.7 Å². The van der Waals surface area contributed by atoms with Gasteiger partial charge in [-0.2, -0.15) is 0 Å². The number of pyridine rings is 1. The van der Waals surface area contributed by atoms with Gasteiger partial charge in [-0.3, -0.25) is 14.3 Å². The molecule has 1 aromatic carbocycles. The molecule has 172 valence electrons. The SMILES string of the molecule is CCC1c2nncn2-c2cnc(-c3ccncc3CNC(=O)c3ccccc3)nc2N1C(C)C. The van der Waals surface area contributed by atoms with E-state index >= 15 is 0 Å². The van der Waals surface area contributed by atoms with E-state index in [2.05, 4.69) is 51.2 Å². The molecule has 1 aliphatic heterocycles. The van der Waals surface area contributed by atoms with E-state index in [4.69, 9.17) is 4.98 Å². The van der Waals surface area contributed by atoms with E-state index in [1.807, 2.05) is 35.0 Å². The summed E-state index contributed by atoms with van der Waals surface area (Å²) in [6, 6.07) is 11.3. The van der Waals surface area contributed by atoms with E-state index in [1.54, 1.807) is 30.9 Å². The Hall–Kier alpha value is -4.14. The molecule has 0 bridgehead atoms. The molecular formula is C25H26N8O. The first-order valence-corrected chi connectivity index (χ1v) is 11.4. The lowest BCUT2D eigenvalue weighted by Gasteiger charge is -2.39. The second-order valence-corrected chi connectivity index (χ2v) is 8.47. The Morgan fingerprint density at radius 2 is 1.97 bits per heavy atom. The van der Waals surface area contributed by atoms with Gasteiger partial charge < -0.3 is 10.2 Å². The van der Waals surface area contributed by atoms with E-state index in [9.17, 15) is 4.79 Å². The molecule has 4 aromatic rings. The van der Waals surface area contributed by atoms with Crippen LogP contribution in [0.4, 0.5) is 5.82 Å². The summed E-state index contributed by atoms with van der Waals surface area (Å²) in [6.07, 6.45) is 7.87. The maximum atomic E-state index is 12.6. The highest BCUT2D eigenvalue weighted by Gasteiger charge is 2.35. The Kier molecular flexibility index (Phi) is 5.75. The van der Waals surface area contributed by atoms with Crippen LogP contribution in [0.25, 0.3) is 17.1 Å². The van der Waals surface area contributed by atoms with Crippen molar-refractivity contribution in [1.29, 1.82) is 0 Å². The van der Waals surface area contributed by atoms with Crippen molar-refractivity contribution in [3.8, 4) is 17.1 Å². The minimum Gasteiger partial charge on any atom is -0.348 e. The molecule has 9 nitrogen and oxygen atoms in total. The quantitative estimate of drug-likeness (QED) is 0.474. The molecule has 4 heterocycles. The molecule has 0 fully saturated rings. The van der Waals surface area contributed by atoms with Crippen molar-refractivity contribution >= 4 is 11.7 Å². The first kappa shape index (κ1) is 21.7. The number of aromatic nitrogens is 6. The average Bonchev–Trinajstić information content (AvgIpc) is 3.36. The fourth-order valence-corrected chi connectivity index (χ4v) is 4.42. The second-order valence-electron chi connectivity index (χ2n) is 8.47. The van der Waals surface area contributed by atoms with Gasteiger partial charge >= 0.3 is 0 Å². The number of amides is 1. The van der Waals surface area contributed by atoms with Crippen LogP contribution in [0.1, 0.15) is 55.0 Å². The molecule has 9 heteroatoms. The van der Waals surface area contributed by atoms with Crippen molar-refractivity contribution in [2.75, 3.05) is 4.90 Å². The minimum absolute atomic E-state index is 0.0693. The second kappa shape index (κ2) is 9.01. The zero-order valence-corrected chi connectivity index (χ0v) is 19.4. The number of hydrogen-bond acceptors (Lipinski definition) is 7. The number of carbonyl (C=O) groups excluding carboxylic acids is 1. The zero-order valence-electron chi connectivity index (χ0n) is 19.4. The average molecular weight is 455 g/mol. The number of nitrogens with one attached hydrogen (secondary N) is 1. The summed E-state index contributed by atoms with van der Waals surface area (Å²) < 4.78 is 1.97. The Morgan fingerprint density at radius 1 is 1.15 bits per heavy atom. The number of benzene rings is 1. The number of carbonyl (C=O) groups is 1. The van der Waals surface area contributed by atoms with E-state index < -0.39 is 0 Å². The Balaban J connectivity index is 1.51. The Bertz CT molecular complexity index is 1320. The number of rotatable bonds is 6. The molecule has 34 heavy (non-hydrogen) atoms. The highest BCUT2D eigenvalue weighted by Crippen LogP contribution is 2.39. The number of fused-ring (bicyclic) bond motifs is 3. The van der Waals surface area contributed by atoms with E-state index in [-0.39, 0.29) is 18.0 Å². The lowest BCUT2D eigenvalue weighted by molar-refractivity contribution is 0.0951. The minimum atomic E-state index is -0.140.